The maximum Gasteiger partial charge on any atom is 0.307 e. The third-order valence-electron chi connectivity index (χ3n) is 4.02. The molecule has 0 aliphatic carbocycles. The normalized spacial score (nSPS) is 11.5. The van der Waals surface area contributed by atoms with E-state index >= 15 is 0 Å². The molecule has 1 N–H and O–H groups in total. The minimum absolute atomic E-state index is 0.0290. The number of rotatable bonds is 9. The minimum atomic E-state index is -3.69. The van der Waals surface area contributed by atoms with Gasteiger partial charge in [0.15, 0.2) is 0 Å². The molecule has 28 heavy (non-hydrogen) atoms. The second-order valence-electron chi connectivity index (χ2n) is 5.97. The summed E-state index contributed by atoms with van der Waals surface area (Å²) in [5, 5.41) is 3.03. The van der Waals surface area contributed by atoms with Crippen molar-refractivity contribution in [3.8, 4) is 5.75 Å². The van der Waals surface area contributed by atoms with Crippen LogP contribution in [0, 0.1) is 0 Å². The summed E-state index contributed by atoms with van der Waals surface area (Å²) in [6, 6.07) is 14.0. The Morgan fingerprint density at radius 1 is 1.11 bits per heavy atom. The predicted octanol–water partition coefficient (Wildman–Crippen LogP) is 3.71. The Bertz CT molecular complexity index is 1040. The van der Waals surface area contributed by atoms with Crippen molar-refractivity contribution >= 4 is 37.4 Å². The fourth-order valence-electron chi connectivity index (χ4n) is 2.63. The van der Waals surface area contributed by atoms with Crippen LogP contribution in [0.2, 0.25) is 0 Å². The first kappa shape index (κ1) is 20.3. The molecule has 1 heterocycles. The average molecular weight is 420 g/mol. The summed E-state index contributed by atoms with van der Waals surface area (Å²) < 4.78 is 38.7. The van der Waals surface area contributed by atoms with E-state index in [1.54, 1.807) is 23.5 Å². The molecule has 0 saturated carbocycles. The smallest absolute Gasteiger partial charge is 0.307 e. The molecule has 0 saturated heterocycles. The lowest BCUT2D eigenvalue weighted by atomic mass is 10.2. The average Bonchev–Trinajstić information content (AvgIpc) is 3.10. The summed E-state index contributed by atoms with van der Waals surface area (Å²) in [7, 11) is -3.69. The predicted molar refractivity (Wildman–Crippen MR) is 109 cm³/mol. The molecular weight excluding hydrogens is 398 g/mol. The zero-order valence-corrected chi connectivity index (χ0v) is 17.0. The van der Waals surface area contributed by atoms with E-state index in [4.69, 9.17) is 9.47 Å². The van der Waals surface area contributed by atoms with E-state index in [1.807, 2.05) is 36.6 Å². The van der Waals surface area contributed by atoms with Gasteiger partial charge in [-0.1, -0.05) is 18.2 Å². The van der Waals surface area contributed by atoms with Gasteiger partial charge < -0.3 is 9.47 Å². The lowest BCUT2D eigenvalue weighted by molar-refractivity contribution is -0.144. The summed E-state index contributed by atoms with van der Waals surface area (Å²) in [5.74, 6) is 0.149. The first-order chi connectivity index (χ1) is 13.5. The van der Waals surface area contributed by atoms with Gasteiger partial charge >= 0.3 is 5.97 Å². The number of sulfonamides is 1. The monoisotopic (exact) mass is 419 g/mol. The number of ether oxygens (including phenoxy) is 2. The number of fused-ring (bicyclic) bond motifs is 1. The molecule has 0 fully saturated rings. The van der Waals surface area contributed by atoms with Gasteiger partial charge in [-0.25, -0.2) is 13.1 Å². The molecular formula is C20H21NO5S2. The van der Waals surface area contributed by atoms with E-state index in [2.05, 4.69) is 4.72 Å². The van der Waals surface area contributed by atoms with Gasteiger partial charge in [0.2, 0.25) is 10.0 Å². The summed E-state index contributed by atoms with van der Waals surface area (Å²) in [4.78, 5) is 12.1. The molecule has 0 aliphatic rings. The Labute approximate surface area is 168 Å². The summed E-state index contributed by atoms with van der Waals surface area (Å²) in [6.45, 7) is 2.51. The number of esters is 1. The molecule has 8 heteroatoms. The van der Waals surface area contributed by atoms with Gasteiger partial charge in [0, 0.05) is 16.8 Å². The van der Waals surface area contributed by atoms with E-state index in [9.17, 15) is 13.2 Å². The quantitative estimate of drug-likeness (QED) is 0.535. The van der Waals surface area contributed by atoms with Crippen LogP contribution in [0.15, 0.2) is 58.8 Å². The Morgan fingerprint density at radius 3 is 2.61 bits per heavy atom. The van der Waals surface area contributed by atoms with Gasteiger partial charge in [-0.3, -0.25) is 4.79 Å². The molecule has 0 radical (unpaired) electrons. The maximum atomic E-state index is 12.3. The first-order valence-corrected chi connectivity index (χ1v) is 11.2. The van der Waals surface area contributed by atoms with Crippen molar-refractivity contribution in [1.82, 2.24) is 4.72 Å². The Kier molecular flexibility index (Phi) is 6.66. The summed E-state index contributed by atoms with van der Waals surface area (Å²) in [5.41, 5.74) is 0.948. The fraction of sp³-hybridized carbons (Fsp3) is 0.250. The zero-order valence-electron chi connectivity index (χ0n) is 15.4. The second-order valence-corrected chi connectivity index (χ2v) is 8.65. The van der Waals surface area contributed by atoms with Crippen LogP contribution in [-0.4, -0.2) is 27.5 Å². The number of carbonyl (C=O) groups is 1. The standard InChI is InChI=1S/C20H21NO5S2/c1-2-25-16-7-9-17(10-8-16)28(23,24)21-12-11-20(22)26-13-15-14-27-19-6-4-3-5-18(15)19/h3-10,14,21H,2,11-13H2,1H3. The van der Waals surface area contributed by atoms with Crippen molar-refractivity contribution in [2.45, 2.75) is 24.8 Å². The summed E-state index contributed by atoms with van der Waals surface area (Å²) >= 11 is 1.60. The van der Waals surface area contributed by atoms with E-state index in [-0.39, 0.29) is 24.5 Å². The van der Waals surface area contributed by atoms with Crippen LogP contribution in [0.3, 0.4) is 0 Å². The fourth-order valence-corrected chi connectivity index (χ4v) is 4.61. The van der Waals surface area contributed by atoms with Crippen molar-refractivity contribution in [2.75, 3.05) is 13.2 Å². The molecule has 0 unspecified atom stereocenters. The first-order valence-electron chi connectivity index (χ1n) is 8.83. The van der Waals surface area contributed by atoms with Crippen LogP contribution in [0.4, 0.5) is 0 Å². The van der Waals surface area contributed by atoms with Crippen molar-refractivity contribution in [3.63, 3.8) is 0 Å². The molecule has 1 aromatic heterocycles. The number of thiophene rings is 1. The van der Waals surface area contributed by atoms with Crippen LogP contribution in [0.1, 0.15) is 18.9 Å². The van der Waals surface area contributed by atoms with Gasteiger partial charge in [0.05, 0.1) is 17.9 Å². The Hall–Kier alpha value is -2.42. The van der Waals surface area contributed by atoms with Gasteiger partial charge in [0.1, 0.15) is 12.4 Å². The number of carbonyl (C=O) groups excluding carboxylic acids is 1. The third kappa shape index (κ3) is 5.09. The van der Waals surface area contributed by atoms with Crippen molar-refractivity contribution in [2.24, 2.45) is 0 Å². The van der Waals surface area contributed by atoms with Crippen molar-refractivity contribution < 1.29 is 22.7 Å². The molecule has 3 aromatic rings. The van der Waals surface area contributed by atoms with E-state index in [0.29, 0.717) is 12.4 Å². The minimum Gasteiger partial charge on any atom is -0.494 e. The topological polar surface area (TPSA) is 81.7 Å². The molecule has 0 bridgehead atoms. The molecule has 0 spiro atoms. The second kappa shape index (κ2) is 9.18. The molecule has 0 amide bonds. The lowest BCUT2D eigenvalue weighted by Crippen LogP contribution is -2.26. The number of hydrogen-bond acceptors (Lipinski definition) is 6. The summed E-state index contributed by atoms with van der Waals surface area (Å²) in [6.07, 6.45) is -0.0433. The van der Waals surface area contributed by atoms with Crippen LogP contribution in [-0.2, 0) is 26.2 Å². The molecule has 3 rings (SSSR count). The van der Waals surface area contributed by atoms with Gasteiger partial charge in [-0.05, 0) is 48.0 Å². The molecule has 0 aliphatic heterocycles. The van der Waals surface area contributed by atoms with Crippen LogP contribution in [0.25, 0.3) is 10.1 Å². The Morgan fingerprint density at radius 2 is 1.86 bits per heavy atom. The SMILES string of the molecule is CCOc1ccc(S(=O)(=O)NCCC(=O)OCc2csc3ccccc23)cc1. The highest BCUT2D eigenvalue weighted by atomic mass is 32.2. The largest absolute Gasteiger partial charge is 0.494 e. The third-order valence-corrected chi connectivity index (χ3v) is 6.51. The van der Waals surface area contributed by atoms with Gasteiger partial charge in [-0.15, -0.1) is 11.3 Å². The van der Waals surface area contributed by atoms with Gasteiger partial charge in [0.25, 0.3) is 0 Å². The molecule has 2 aromatic carbocycles. The van der Waals surface area contributed by atoms with Crippen molar-refractivity contribution in [1.29, 1.82) is 0 Å². The van der Waals surface area contributed by atoms with E-state index in [1.165, 1.54) is 12.1 Å². The highest BCUT2D eigenvalue weighted by Gasteiger charge is 2.15. The van der Waals surface area contributed by atoms with Crippen LogP contribution >= 0.6 is 11.3 Å². The molecule has 148 valence electrons. The number of nitrogens with one attached hydrogen (secondary N) is 1. The maximum absolute atomic E-state index is 12.3. The highest BCUT2D eigenvalue weighted by Crippen LogP contribution is 2.26. The number of hydrogen-bond donors (Lipinski definition) is 1. The van der Waals surface area contributed by atoms with Crippen LogP contribution < -0.4 is 9.46 Å². The molecule has 0 atom stereocenters. The van der Waals surface area contributed by atoms with Crippen LogP contribution in [0.5, 0.6) is 5.75 Å². The Balaban J connectivity index is 1.47. The van der Waals surface area contributed by atoms with E-state index < -0.39 is 16.0 Å². The van der Waals surface area contributed by atoms with E-state index in [0.717, 1.165) is 15.6 Å². The highest BCUT2D eigenvalue weighted by molar-refractivity contribution is 7.89. The lowest BCUT2D eigenvalue weighted by Gasteiger charge is -2.08. The zero-order chi connectivity index (χ0) is 20.0. The number of benzene rings is 2. The van der Waals surface area contributed by atoms with Crippen molar-refractivity contribution in [3.05, 3.63) is 59.5 Å². The van der Waals surface area contributed by atoms with Gasteiger partial charge in [-0.2, -0.15) is 0 Å². The molecule has 6 nitrogen and oxygen atoms in total.